The summed E-state index contributed by atoms with van der Waals surface area (Å²) < 4.78 is 1.20. The number of carbonyl (C=O) groups is 2. The van der Waals surface area contributed by atoms with Crippen LogP contribution in [0.25, 0.3) is 0 Å². The van der Waals surface area contributed by atoms with Gasteiger partial charge < -0.3 is 10.4 Å². The molecule has 1 aromatic carbocycles. The van der Waals surface area contributed by atoms with Crippen molar-refractivity contribution < 1.29 is 14.7 Å². The molecule has 110 valence electrons. The fourth-order valence-electron chi connectivity index (χ4n) is 1.90. The molecule has 2 N–H and O–H groups in total. The molecule has 0 aliphatic heterocycles. The van der Waals surface area contributed by atoms with Crippen LogP contribution in [0.3, 0.4) is 0 Å². The van der Waals surface area contributed by atoms with Crippen molar-refractivity contribution in [2.45, 2.75) is 19.9 Å². The smallest absolute Gasteiger partial charge is 0.358 e. The van der Waals surface area contributed by atoms with Gasteiger partial charge in [0.25, 0.3) is 0 Å². The fourth-order valence-corrected chi connectivity index (χ4v) is 1.90. The Morgan fingerprint density at radius 1 is 1.33 bits per heavy atom. The van der Waals surface area contributed by atoms with E-state index in [4.69, 9.17) is 5.11 Å². The molecule has 0 spiro atoms. The van der Waals surface area contributed by atoms with Crippen LogP contribution in [0, 0.1) is 6.92 Å². The van der Waals surface area contributed by atoms with Crippen molar-refractivity contribution in [3.05, 3.63) is 47.3 Å². The highest BCUT2D eigenvalue weighted by Crippen LogP contribution is 2.06. The molecule has 1 heterocycles. The molecule has 0 aliphatic rings. The zero-order valence-corrected chi connectivity index (χ0v) is 11.6. The Labute approximate surface area is 121 Å². The third-order valence-electron chi connectivity index (χ3n) is 3.04. The molecule has 0 radical (unpaired) electrons. The highest BCUT2D eigenvalue weighted by Gasteiger charge is 2.10. The number of carboxylic acids is 1. The van der Waals surface area contributed by atoms with Crippen molar-refractivity contribution >= 4 is 11.9 Å². The highest BCUT2D eigenvalue weighted by atomic mass is 16.4. The molecule has 0 saturated carbocycles. The van der Waals surface area contributed by atoms with E-state index in [2.05, 4.69) is 15.6 Å². The summed E-state index contributed by atoms with van der Waals surface area (Å²) in [7, 11) is 0. The number of aromatic nitrogens is 3. The standard InChI is InChI=1S/C14H16N4O3/c1-10-4-2-3-5-11(10)6-7-15-13(19)9-18-8-12(14(20)21)16-17-18/h2-5,8H,6-7,9H2,1H3,(H,15,19)(H,20,21). The van der Waals surface area contributed by atoms with Crippen molar-refractivity contribution in [2.24, 2.45) is 0 Å². The van der Waals surface area contributed by atoms with Gasteiger partial charge in [-0.1, -0.05) is 29.5 Å². The van der Waals surface area contributed by atoms with Crippen LogP contribution in [-0.4, -0.2) is 38.5 Å². The maximum absolute atomic E-state index is 11.7. The molecule has 0 atom stereocenters. The first-order chi connectivity index (χ1) is 10.1. The third-order valence-corrected chi connectivity index (χ3v) is 3.04. The molecular formula is C14H16N4O3. The minimum Gasteiger partial charge on any atom is -0.476 e. The van der Waals surface area contributed by atoms with E-state index in [1.807, 2.05) is 31.2 Å². The number of nitrogens with one attached hydrogen (secondary N) is 1. The van der Waals surface area contributed by atoms with E-state index in [0.29, 0.717) is 6.54 Å². The molecule has 1 amide bonds. The predicted molar refractivity (Wildman–Crippen MR) is 74.9 cm³/mol. The van der Waals surface area contributed by atoms with Gasteiger partial charge >= 0.3 is 5.97 Å². The summed E-state index contributed by atoms with van der Waals surface area (Å²) in [5.74, 6) is -1.40. The number of rotatable bonds is 6. The fraction of sp³-hybridized carbons (Fsp3) is 0.286. The molecule has 0 bridgehead atoms. The number of carboxylic acid groups (broad SMARTS) is 1. The van der Waals surface area contributed by atoms with Crippen LogP contribution in [0.5, 0.6) is 0 Å². The Hall–Kier alpha value is -2.70. The van der Waals surface area contributed by atoms with E-state index in [-0.39, 0.29) is 18.1 Å². The number of amides is 1. The number of benzene rings is 1. The monoisotopic (exact) mass is 288 g/mol. The second-order valence-electron chi connectivity index (χ2n) is 4.63. The van der Waals surface area contributed by atoms with Crippen LogP contribution in [0.4, 0.5) is 0 Å². The molecule has 0 aliphatic carbocycles. The van der Waals surface area contributed by atoms with E-state index in [1.54, 1.807) is 0 Å². The van der Waals surface area contributed by atoms with Gasteiger partial charge in [-0.15, -0.1) is 5.10 Å². The van der Waals surface area contributed by atoms with Crippen LogP contribution >= 0.6 is 0 Å². The number of hydrogen-bond donors (Lipinski definition) is 2. The van der Waals surface area contributed by atoms with Gasteiger partial charge in [0, 0.05) is 6.54 Å². The van der Waals surface area contributed by atoms with E-state index >= 15 is 0 Å². The molecule has 0 unspecified atom stereocenters. The number of carbonyl (C=O) groups excluding carboxylic acids is 1. The van der Waals surface area contributed by atoms with Crippen LogP contribution in [-0.2, 0) is 17.8 Å². The SMILES string of the molecule is Cc1ccccc1CCNC(=O)Cn1cc(C(=O)O)nn1. The number of hydrogen-bond acceptors (Lipinski definition) is 4. The molecular weight excluding hydrogens is 272 g/mol. The molecule has 1 aromatic heterocycles. The molecule has 0 saturated heterocycles. The zero-order valence-electron chi connectivity index (χ0n) is 11.6. The Kier molecular flexibility index (Phi) is 4.65. The number of aromatic carboxylic acids is 1. The summed E-state index contributed by atoms with van der Waals surface area (Å²) in [6.07, 6.45) is 1.97. The Morgan fingerprint density at radius 3 is 2.76 bits per heavy atom. The first-order valence-corrected chi connectivity index (χ1v) is 6.51. The second-order valence-corrected chi connectivity index (χ2v) is 4.63. The average molecular weight is 288 g/mol. The van der Waals surface area contributed by atoms with Crippen LogP contribution in [0.2, 0.25) is 0 Å². The maximum Gasteiger partial charge on any atom is 0.358 e. The van der Waals surface area contributed by atoms with Gasteiger partial charge in [0.15, 0.2) is 5.69 Å². The minimum absolute atomic E-state index is 0.0476. The lowest BCUT2D eigenvalue weighted by Gasteiger charge is -2.07. The molecule has 7 nitrogen and oxygen atoms in total. The van der Waals surface area contributed by atoms with E-state index in [0.717, 1.165) is 6.42 Å². The first-order valence-electron chi connectivity index (χ1n) is 6.51. The summed E-state index contributed by atoms with van der Waals surface area (Å²) in [6, 6.07) is 7.99. The van der Waals surface area contributed by atoms with E-state index in [1.165, 1.54) is 22.0 Å². The Balaban J connectivity index is 1.79. The van der Waals surface area contributed by atoms with Gasteiger partial charge in [0.1, 0.15) is 6.54 Å². The van der Waals surface area contributed by atoms with Crippen molar-refractivity contribution in [3.63, 3.8) is 0 Å². The normalized spacial score (nSPS) is 10.3. The van der Waals surface area contributed by atoms with E-state index in [9.17, 15) is 9.59 Å². The quantitative estimate of drug-likeness (QED) is 0.813. The van der Waals surface area contributed by atoms with Crippen molar-refractivity contribution in [2.75, 3.05) is 6.54 Å². The Bertz CT molecular complexity index is 651. The molecule has 0 fully saturated rings. The lowest BCUT2D eigenvalue weighted by molar-refractivity contribution is -0.121. The summed E-state index contributed by atoms with van der Waals surface area (Å²) in [5.41, 5.74) is 2.20. The molecule has 21 heavy (non-hydrogen) atoms. The van der Waals surface area contributed by atoms with Gasteiger partial charge in [-0.05, 0) is 24.5 Å². The number of nitrogens with zero attached hydrogens (tertiary/aromatic N) is 3. The first kappa shape index (κ1) is 14.7. The summed E-state index contributed by atoms with van der Waals surface area (Å²) in [4.78, 5) is 22.4. The summed E-state index contributed by atoms with van der Waals surface area (Å²) >= 11 is 0. The van der Waals surface area contributed by atoms with Crippen LogP contribution < -0.4 is 5.32 Å². The van der Waals surface area contributed by atoms with Gasteiger partial charge in [-0.25, -0.2) is 9.48 Å². The van der Waals surface area contributed by atoms with Crippen molar-refractivity contribution in [1.29, 1.82) is 0 Å². The largest absolute Gasteiger partial charge is 0.476 e. The maximum atomic E-state index is 11.7. The van der Waals surface area contributed by atoms with Gasteiger partial charge in [-0.3, -0.25) is 4.79 Å². The average Bonchev–Trinajstić information content (AvgIpc) is 2.89. The number of aryl methyl sites for hydroxylation is 1. The molecule has 2 aromatic rings. The highest BCUT2D eigenvalue weighted by molar-refractivity contribution is 5.84. The lowest BCUT2D eigenvalue weighted by atomic mass is 10.1. The van der Waals surface area contributed by atoms with Gasteiger partial charge in [0.2, 0.25) is 5.91 Å². The molecule has 2 rings (SSSR count). The van der Waals surface area contributed by atoms with Crippen LogP contribution in [0.15, 0.2) is 30.5 Å². The summed E-state index contributed by atoms with van der Waals surface area (Å²) in [5, 5.41) is 18.5. The Morgan fingerprint density at radius 2 is 2.10 bits per heavy atom. The second kappa shape index (κ2) is 6.65. The minimum atomic E-state index is -1.17. The van der Waals surface area contributed by atoms with Crippen molar-refractivity contribution in [1.82, 2.24) is 20.3 Å². The van der Waals surface area contributed by atoms with Gasteiger partial charge in [0.05, 0.1) is 6.20 Å². The third kappa shape index (κ3) is 4.13. The lowest BCUT2D eigenvalue weighted by Crippen LogP contribution is -2.29. The molecule has 7 heteroatoms. The topological polar surface area (TPSA) is 97.1 Å². The van der Waals surface area contributed by atoms with Gasteiger partial charge in [-0.2, -0.15) is 0 Å². The van der Waals surface area contributed by atoms with E-state index < -0.39 is 5.97 Å². The van der Waals surface area contributed by atoms with Crippen LogP contribution in [0.1, 0.15) is 21.6 Å². The zero-order chi connectivity index (χ0) is 15.2. The predicted octanol–water partition coefficient (Wildman–Crippen LogP) is 0.644. The van der Waals surface area contributed by atoms with Crippen molar-refractivity contribution in [3.8, 4) is 0 Å². The summed E-state index contributed by atoms with van der Waals surface area (Å²) in [6.45, 7) is 2.50.